The summed E-state index contributed by atoms with van der Waals surface area (Å²) in [5, 5.41) is 34.7. The maximum Gasteiger partial charge on any atom is 0.227 e. The lowest BCUT2D eigenvalue weighted by molar-refractivity contribution is -0.139. The van der Waals surface area contributed by atoms with Crippen LogP contribution in [0.4, 0.5) is 8.78 Å². The fourth-order valence-electron chi connectivity index (χ4n) is 6.02. The molecule has 2 saturated heterocycles. The smallest absolute Gasteiger partial charge is 0.227 e. The predicted molar refractivity (Wildman–Crippen MR) is 161 cm³/mol. The largest absolute Gasteiger partial charge is 0.493 e. The molecule has 44 heavy (non-hydrogen) atoms. The minimum absolute atomic E-state index is 0.0631. The Kier molecular flexibility index (Phi) is 11.9. The Morgan fingerprint density at radius 3 is 2.41 bits per heavy atom. The highest BCUT2D eigenvalue weighted by Crippen LogP contribution is 2.32. The number of carbonyl (C=O) groups excluding carboxylic acids is 2. The normalized spacial score (nSPS) is 21.8. The number of nitrogens with one attached hydrogen (secondary N) is 2. The second kappa shape index (κ2) is 15.2. The molecule has 5 N–H and O–H groups in total. The zero-order valence-electron chi connectivity index (χ0n) is 25.3. The molecule has 3 aliphatic rings. The van der Waals surface area contributed by atoms with Crippen LogP contribution in [0, 0.1) is 23.5 Å². The maximum absolute atomic E-state index is 14.8. The third-order valence-electron chi connectivity index (χ3n) is 9.16. The highest BCUT2D eigenvalue weighted by molar-refractivity contribution is 6.29. The van der Waals surface area contributed by atoms with Crippen molar-refractivity contribution < 1.29 is 38.4 Å². The van der Waals surface area contributed by atoms with E-state index < -0.39 is 48.7 Å². The predicted octanol–water partition coefficient (Wildman–Crippen LogP) is 2.24. The topological polar surface area (TPSA) is 135 Å². The lowest BCUT2D eigenvalue weighted by Gasteiger charge is -2.47. The minimum Gasteiger partial charge on any atom is -0.493 e. The van der Waals surface area contributed by atoms with E-state index >= 15 is 0 Å². The zero-order chi connectivity index (χ0) is 31.9. The first-order valence-electron chi connectivity index (χ1n) is 15.4. The van der Waals surface area contributed by atoms with Gasteiger partial charge in [0.25, 0.3) is 0 Å². The van der Waals surface area contributed by atoms with E-state index in [2.05, 4.69) is 22.5 Å². The number of aliphatic hydroxyl groups is 3. The lowest BCUT2D eigenvalue weighted by atomic mass is 9.89. The first-order chi connectivity index (χ1) is 20.9. The SMILES string of the molecule is CC1(N2CCC(CCCOc3cc(F)c(CC(=O)N4CC(CC(=O)NCC(O)(CO)CO)C4)c(F)c3)CC2)CCC(Cl)=CN1. The Balaban J connectivity index is 1.13. The Labute approximate surface area is 262 Å². The molecule has 3 heterocycles. The van der Waals surface area contributed by atoms with Gasteiger partial charge in [-0.2, -0.15) is 0 Å². The van der Waals surface area contributed by atoms with Crippen molar-refractivity contribution in [2.45, 2.75) is 69.6 Å². The third-order valence-corrected chi connectivity index (χ3v) is 9.46. The van der Waals surface area contributed by atoms with Crippen LogP contribution in [0.1, 0.15) is 57.4 Å². The number of amides is 2. The van der Waals surface area contributed by atoms with Crippen molar-refractivity contribution in [2.24, 2.45) is 11.8 Å². The van der Waals surface area contributed by atoms with E-state index in [4.69, 9.17) is 26.6 Å². The number of benzene rings is 1. The number of allylic oxidation sites excluding steroid dienone is 1. The molecule has 1 atom stereocenters. The number of halogens is 3. The Morgan fingerprint density at radius 2 is 1.82 bits per heavy atom. The monoisotopic (exact) mass is 642 g/mol. The number of likely N-dealkylation sites (tertiary alicyclic amines) is 2. The van der Waals surface area contributed by atoms with Crippen molar-refractivity contribution in [3.05, 3.63) is 40.6 Å². The summed E-state index contributed by atoms with van der Waals surface area (Å²) >= 11 is 6.11. The van der Waals surface area contributed by atoms with Crippen LogP contribution in [-0.4, -0.2) is 101 Å². The summed E-state index contributed by atoms with van der Waals surface area (Å²) in [4.78, 5) is 28.6. The lowest BCUT2D eigenvalue weighted by Crippen LogP contribution is -2.58. The number of rotatable bonds is 14. The summed E-state index contributed by atoms with van der Waals surface area (Å²) < 4.78 is 35.2. The summed E-state index contributed by atoms with van der Waals surface area (Å²) in [5.74, 6) is -1.97. The Morgan fingerprint density at radius 1 is 1.16 bits per heavy atom. The van der Waals surface area contributed by atoms with Crippen LogP contribution in [0.25, 0.3) is 0 Å². The van der Waals surface area contributed by atoms with Crippen LogP contribution >= 0.6 is 11.6 Å². The zero-order valence-corrected chi connectivity index (χ0v) is 26.1. The Bertz CT molecular complexity index is 1160. The van der Waals surface area contributed by atoms with Gasteiger partial charge in [0, 0.05) is 67.4 Å². The highest BCUT2D eigenvalue weighted by Gasteiger charge is 2.36. The van der Waals surface area contributed by atoms with Gasteiger partial charge in [0.1, 0.15) is 23.0 Å². The maximum atomic E-state index is 14.8. The first-order valence-corrected chi connectivity index (χ1v) is 15.8. The van der Waals surface area contributed by atoms with E-state index in [0.29, 0.717) is 12.5 Å². The van der Waals surface area contributed by atoms with Gasteiger partial charge in [-0.1, -0.05) is 11.6 Å². The van der Waals surface area contributed by atoms with E-state index in [0.717, 1.165) is 68.8 Å². The van der Waals surface area contributed by atoms with Crippen LogP contribution < -0.4 is 15.4 Å². The summed E-state index contributed by atoms with van der Waals surface area (Å²) in [5.41, 5.74) is -2.18. The van der Waals surface area contributed by atoms with Crippen molar-refractivity contribution in [1.82, 2.24) is 20.4 Å². The van der Waals surface area contributed by atoms with E-state index in [-0.39, 0.29) is 48.9 Å². The number of aliphatic hydroxyl groups excluding tert-OH is 2. The van der Waals surface area contributed by atoms with Crippen molar-refractivity contribution in [2.75, 3.05) is 52.5 Å². The minimum atomic E-state index is -1.80. The first kappa shape index (κ1) is 34.4. The van der Waals surface area contributed by atoms with E-state index in [1.165, 1.54) is 4.90 Å². The molecule has 0 saturated carbocycles. The molecular formula is C31H45ClF2N4O6. The molecule has 1 aromatic rings. The average molecular weight is 643 g/mol. The fraction of sp³-hybridized carbons (Fsp3) is 0.677. The molecule has 0 radical (unpaired) electrons. The number of hydrogen-bond acceptors (Lipinski definition) is 8. The molecule has 0 spiro atoms. The molecule has 246 valence electrons. The highest BCUT2D eigenvalue weighted by atomic mass is 35.5. The molecule has 2 fully saturated rings. The fourth-order valence-corrected chi connectivity index (χ4v) is 6.17. The van der Waals surface area contributed by atoms with Gasteiger partial charge in [-0.15, -0.1) is 0 Å². The van der Waals surface area contributed by atoms with Crippen LogP contribution in [0.15, 0.2) is 23.4 Å². The number of hydrogen-bond donors (Lipinski definition) is 5. The molecule has 13 heteroatoms. The van der Waals surface area contributed by atoms with Gasteiger partial charge < -0.3 is 35.6 Å². The molecule has 0 aromatic heterocycles. The van der Waals surface area contributed by atoms with Crippen LogP contribution in [0.5, 0.6) is 5.75 Å². The van der Waals surface area contributed by atoms with Gasteiger partial charge in [0.15, 0.2) is 0 Å². The third kappa shape index (κ3) is 9.03. The molecule has 0 aliphatic carbocycles. The van der Waals surface area contributed by atoms with Gasteiger partial charge in [0.05, 0.1) is 38.4 Å². The van der Waals surface area contributed by atoms with Crippen LogP contribution in [0.3, 0.4) is 0 Å². The van der Waals surface area contributed by atoms with Crippen LogP contribution in [-0.2, 0) is 16.0 Å². The van der Waals surface area contributed by atoms with Crippen molar-refractivity contribution in [1.29, 1.82) is 0 Å². The number of nitrogens with zero attached hydrogens (tertiary/aromatic N) is 2. The average Bonchev–Trinajstić information content (AvgIpc) is 2.99. The molecule has 0 bridgehead atoms. The van der Waals surface area contributed by atoms with Crippen molar-refractivity contribution >= 4 is 23.4 Å². The summed E-state index contributed by atoms with van der Waals surface area (Å²) in [7, 11) is 0. The molecule has 10 nitrogen and oxygen atoms in total. The number of piperidine rings is 1. The summed E-state index contributed by atoms with van der Waals surface area (Å²) in [6.07, 6.45) is 7.35. The molecule has 1 unspecified atom stereocenters. The molecule has 2 amide bonds. The standard InChI is InChI=1S/C31H45ClF2N4O6/c1-30(7-4-23(32)15-36-30)38-8-5-21(6-9-38)3-2-10-44-24-12-26(33)25(27(34)13-24)14-29(42)37-16-22(17-37)11-28(41)35-18-31(43,19-39)20-40/h12-13,15,21-22,36,39-40,43H,2-11,14,16-20H2,1H3,(H,35,41). The van der Waals surface area contributed by atoms with Crippen LogP contribution in [0.2, 0.25) is 0 Å². The van der Waals surface area contributed by atoms with Gasteiger partial charge in [-0.05, 0) is 51.4 Å². The molecular weight excluding hydrogens is 598 g/mol. The van der Waals surface area contributed by atoms with E-state index in [1.54, 1.807) is 0 Å². The van der Waals surface area contributed by atoms with Gasteiger partial charge in [0.2, 0.25) is 11.8 Å². The van der Waals surface area contributed by atoms with E-state index in [9.17, 15) is 23.5 Å². The number of ether oxygens (including phenoxy) is 1. The second-order valence-corrected chi connectivity index (χ2v) is 13.1. The van der Waals surface area contributed by atoms with E-state index in [1.807, 2.05) is 6.20 Å². The Hall–Kier alpha value is -2.51. The molecule has 3 aliphatic heterocycles. The van der Waals surface area contributed by atoms with Gasteiger partial charge >= 0.3 is 0 Å². The summed E-state index contributed by atoms with van der Waals surface area (Å²) in [6, 6.07) is 2.23. The second-order valence-electron chi connectivity index (χ2n) is 12.7. The molecule has 1 aromatic carbocycles. The van der Waals surface area contributed by atoms with Crippen molar-refractivity contribution in [3.8, 4) is 5.75 Å². The summed E-state index contributed by atoms with van der Waals surface area (Å²) in [6.45, 7) is 3.39. The quantitative estimate of drug-likeness (QED) is 0.195. The van der Waals surface area contributed by atoms with Gasteiger partial charge in [-0.3, -0.25) is 14.5 Å². The molecule has 4 rings (SSSR count). The van der Waals surface area contributed by atoms with Crippen molar-refractivity contribution in [3.63, 3.8) is 0 Å². The van der Waals surface area contributed by atoms with Gasteiger partial charge in [-0.25, -0.2) is 8.78 Å². The number of carbonyl (C=O) groups is 2.